The van der Waals surface area contributed by atoms with Crippen LogP contribution in [0, 0.1) is 12.8 Å². The van der Waals surface area contributed by atoms with Crippen molar-refractivity contribution in [2.75, 3.05) is 19.8 Å². The van der Waals surface area contributed by atoms with Gasteiger partial charge in [0.05, 0.1) is 6.61 Å². The second-order valence-corrected chi connectivity index (χ2v) is 4.79. The van der Waals surface area contributed by atoms with Gasteiger partial charge >= 0.3 is 0 Å². The van der Waals surface area contributed by atoms with Crippen molar-refractivity contribution in [1.82, 2.24) is 10.3 Å². The molecular formula is C14H22N2O. The molecule has 2 heterocycles. The van der Waals surface area contributed by atoms with E-state index in [1.54, 1.807) is 0 Å². The fraction of sp³-hybridized carbons (Fsp3) is 0.643. The van der Waals surface area contributed by atoms with Crippen molar-refractivity contribution >= 4 is 0 Å². The van der Waals surface area contributed by atoms with Crippen LogP contribution in [0.25, 0.3) is 0 Å². The highest BCUT2D eigenvalue weighted by Gasteiger charge is 2.26. The number of pyridine rings is 1. The van der Waals surface area contributed by atoms with E-state index in [0.717, 1.165) is 38.3 Å². The van der Waals surface area contributed by atoms with Crippen molar-refractivity contribution < 1.29 is 4.74 Å². The molecule has 1 saturated heterocycles. The lowest BCUT2D eigenvalue weighted by Crippen LogP contribution is -2.29. The Morgan fingerprint density at radius 1 is 1.59 bits per heavy atom. The fourth-order valence-corrected chi connectivity index (χ4v) is 2.43. The van der Waals surface area contributed by atoms with Crippen LogP contribution in [0.4, 0.5) is 0 Å². The number of hydrogen-bond donors (Lipinski definition) is 1. The third kappa shape index (κ3) is 3.27. The van der Waals surface area contributed by atoms with E-state index in [1.807, 2.05) is 13.1 Å². The summed E-state index contributed by atoms with van der Waals surface area (Å²) in [6.07, 6.45) is 4.22. The number of nitrogens with zero attached hydrogens (tertiary/aromatic N) is 1. The summed E-state index contributed by atoms with van der Waals surface area (Å²) in [7, 11) is 0. The molecule has 2 atom stereocenters. The molecule has 1 aliphatic heterocycles. The van der Waals surface area contributed by atoms with Gasteiger partial charge in [0, 0.05) is 30.5 Å². The van der Waals surface area contributed by atoms with E-state index in [1.165, 1.54) is 5.56 Å². The maximum absolute atomic E-state index is 5.51. The predicted molar refractivity (Wildman–Crippen MR) is 68.9 cm³/mol. The van der Waals surface area contributed by atoms with Gasteiger partial charge in [-0.05, 0) is 44.0 Å². The lowest BCUT2D eigenvalue weighted by molar-refractivity contribution is 0.176. The van der Waals surface area contributed by atoms with Gasteiger partial charge in [-0.25, -0.2) is 0 Å². The third-order valence-corrected chi connectivity index (χ3v) is 3.33. The molecule has 0 bridgehead atoms. The van der Waals surface area contributed by atoms with Gasteiger partial charge in [0.1, 0.15) is 0 Å². The Morgan fingerprint density at radius 3 is 3.12 bits per heavy atom. The topological polar surface area (TPSA) is 34.2 Å². The largest absolute Gasteiger partial charge is 0.381 e. The summed E-state index contributed by atoms with van der Waals surface area (Å²) in [5.41, 5.74) is 2.44. The molecule has 1 aromatic rings. The third-order valence-electron chi connectivity index (χ3n) is 3.33. The van der Waals surface area contributed by atoms with Crippen LogP contribution in [-0.2, 0) is 4.74 Å². The van der Waals surface area contributed by atoms with Crippen LogP contribution in [0.1, 0.15) is 37.1 Å². The monoisotopic (exact) mass is 234 g/mol. The van der Waals surface area contributed by atoms with Gasteiger partial charge in [-0.2, -0.15) is 0 Å². The molecule has 3 nitrogen and oxygen atoms in total. The van der Waals surface area contributed by atoms with Gasteiger partial charge < -0.3 is 10.1 Å². The van der Waals surface area contributed by atoms with Gasteiger partial charge in [-0.3, -0.25) is 4.98 Å². The summed E-state index contributed by atoms with van der Waals surface area (Å²) >= 11 is 0. The first kappa shape index (κ1) is 12.5. The zero-order valence-corrected chi connectivity index (χ0v) is 10.8. The highest BCUT2D eigenvalue weighted by Crippen LogP contribution is 2.28. The molecular weight excluding hydrogens is 212 g/mol. The summed E-state index contributed by atoms with van der Waals surface area (Å²) in [6.45, 7) is 7.09. The fourth-order valence-electron chi connectivity index (χ4n) is 2.43. The summed E-state index contributed by atoms with van der Waals surface area (Å²) in [5.74, 6) is 0.600. The smallest absolute Gasteiger partial charge is 0.0513 e. The van der Waals surface area contributed by atoms with Crippen LogP contribution in [0.2, 0.25) is 0 Å². The van der Waals surface area contributed by atoms with Crippen molar-refractivity contribution in [2.45, 2.75) is 32.7 Å². The average molecular weight is 234 g/mol. The highest BCUT2D eigenvalue weighted by molar-refractivity contribution is 5.20. The molecule has 0 amide bonds. The molecule has 2 rings (SSSR count). The van der Waals surface area contributed by atoms with Gasteiger partial charge in [0.15, 0.2) is 0 Å². The Bertz CT molecular complexity index is 348. The van der Waals surface area contributed by atoms with Crippen molar-refractivity contribution in [3.8, 4) is 0 Å². The summed E-state index contributed by atoms with van der Waals surface area (Å²) in [6, 6.07) is 4.73. The Kier molecular flexibility index (Phi) is 4.51. The van der Waals surface area contributed by atoms with E-state index < -0.39 is 0 Å². The van der Waals surface area contributed by atoms with E-state index in [2.05, 4.69) is 29.4 Å². The Balaban J connectivity index is 2.13. The van der Waals surface area contributed by atoms with E-state index in [4.69, 9.17) is 4.74 Å². The number of aromatic nitrogens is 1. The molecule has 1 aromatic heterocycles. The van der Waals surface area contributed by atoms with Crippen LogP contribution in [0.5, 0.6) is 0 Å². The number of rotatable bonds is 5. The predicted octanol–water partition coefficient (Wildman–Crippen LogP) is 2.47. The number of hydrogen-bond acceptors (Lipinski definition) is 3. The minimum Gasteiger partial charge on any atom is -0.381 e. The lowest BCUT2D eigenvalue weighted by Gasteiger charge is -2.24. The molecule has 0 spiro atoms. The Hall–Kier alpha value is -0.930. The molecule has 0 saturated carbocycles. The summed E-state index contributed by atoms with van der Waals surface area (Å²) in [5, 5.41) is 3.65. The highest BCUT2D eigenvalue weighted by atomic mass is 16.5. The SMILES string of the molecule is CCCNC(c1ccnc(C)c1)C1CCOC1. The van der Waals surface area contributed by atoms with E-state index in [9.17, 15) is 0 Å². The lowest BCUT2D eigenvalue weighted by atomic mass is 9.92. The van der Waals surface area contributed by atoms with Crippen LogP contribution in [-0.4, -0.2) is 24.7 Å². The maximum atomic E-state index is 5.51. The molecule has 1 N–H and O–H groups in total. The van der Waals surface area contributed by atoms with E-state index in [-0.39, 0.29) is 0 Å². The maximum Gasteiger partial charge on any atom is 0.0513 e. The van der Waals surface area contributed by atoms with Crippen LogP contribution < -0.4 is 5.32 Å². The molecule has 0 aliphatic carbocycles. The first-order chi connectivity index (χ1) is 8.31. The van der Waals surface area contributed by atoms with Gasteiger partial charge in [-0.1, -0.05) is 6.92 Å². The molecule has 94 valence electrons. The molecule has 3 heteroatoms. The molecule has 0 radical (unpaired) electrons. The standard InChI is InChI=1S/C14H22N2O/c1-3-6-16-14(13-5-8-17-10-13)12-4-7-15-11(2)9-12/h4,7,9,13-14,16H,3,5-6,8,10H2,1-2H3. The van der Waals surface area contributed by atoms with Crippen LogP contribution >= 0.6 is 0 Å². The van der Waals surface area contributed by atoms with Crippen LogP contribution in [0.15, 0.2) is 18.3 Å². The number of nitrogens with one attached hydrogen (secondary N) is 1. The minimum atomic E-state index is 0.416. The minimum absolute atomic E-state index is 0.416. The number of aryl methyl sites for hydroxylation is 1. The second kappa shape index (κ2) is 6.12. The van der Waals surface area contributed by atoms with Gasteiger partial charge in [0.25, 0.3) is 0 Å². The Labute approximate surface area is 104 Å². The Morgan fingerprint density at radius 2 is 2.47 bits per heavy atom. The molecule has 17 heavy (non-hydrogen) atoms. The van der Waals surface area contributed by atoms with E-state index >= 15 is 0 Å². The van der Waals surface area contributed by atoms with Crippen molar-refractivity contribution in [3.05, 3.63) is 29.6 Å². The zero-order valence-electron chi connectivity index (χ0n) is 10.8. The van der Waals surface area contributed by atoms with Crippen molar-refractivity contribution in [2.24, 2.45) is 5.92 Å². The summed E-state index contributed by atoms with van der Waals surface area (Å²) < 4.78 is 5.51. The van der Waals surface area contributed by atoms with Gasteiger partial charge in [-0.15, -0.1) is 0 Å². The van der Waals surface area contributed by atoms with Crippen molar-refractivity contribution in [1.29, 1.82) is 0 Å². The molecule has 0 aromatic carbocycles. The first-order valence-electron chi connectivity index (χ1n) is 6.55. The van der Waals surface area contributed by atoms with Crippen LogP contribution in [0.3, 0.4) is 0 Å². The van der Waals surface area contributed by atoms with Crippen molar-refractivity contribution in [3.63, 3.8) is 0 Å². The molecule has 1 fully saturated rings. The first-order valence-corrected chi connectivity index (χ1v) is 6.55. The van der Waals surface area contributed by atoms with Gasteiger partial charge in [0.2, 0.25) is 0 Å². The molecule has 2 unspecified atom stereocenters. The molecule has 1 aliphatic rings. The quantitative estimate of drug-likeness (QED) is 0.850. The average Bonchev–Trinajstić information content (AvgIpc) is 2.83. The van der Waals surface area contributed by atoms with E-state index in [0.29, 0.717) is 12.0 Å². The summed E-state index contributed by atoms with van der Waals surface area (Å²) in [4.78, 5) is 4.27. The second-order valence-electron chi connectivity index (χ2n) is 4.79. The number of ether oxygens (including phenoxy) is 1. The normalized spacial score (nSPS) is 21.6. The zero-order chi connectivity index (χ0) is 12.1.